The van der Waals surface area contributed by atoms with E-state index >= 15 is 0 Å². The van der Waals surface area contributed by atoms with Crippen molar-refractivity contribution in [3.63, 3.8) is 0 Å². The van der Waals surface area contributed by atoms with Gasteiger partial charge in [0, 0.05) is 0 Å². The van der Waals surface area contributed by atoms with E-state index in [0.717, 1.165) is 18.3 Å². The molecule has 1 heteroatoms. The summed E-state index contributed by atoms with van der Waals surface area (Å²) in [5, 5.41) is 6.84. The van der Waals surface area contributed by atoms with Crippen LogP contribution in [0.3, 0.4) is 0 Å². The molecule has 0 spiro atoms. The molecule has 0 aromatic rings. The third kappa shape index (κ3) is 2.13. The summed E-state index contributed by atoms with van der Waals surface area (Å²) in [5.74, 6) is 2.08. The molecule has 1 aliphatic carbocycles. The van der Waals surface area contributed by atoms with Crippen LogP contribution in [0.25, 0.3) is 0 Å². The molecule has 0 aliphatic heterocycles. The van der Waals surface area contributed by atoms with Crippen LogP contribution in [-0.2, 0) is 0 Å². The molecule has 2 atom stereocenters. The number of hydrogen-bond acceptors (Lipinski definition) is 1. The van der Waals surface area contributed by atoms with Gasteiger partial charge >= 0.3 is 0 Å². The van der Waals surface area contributed by atoms with Gasteiger partial charge in [-0.25, -0.2) is 0 Å². The molecule has 1 rings (SSSR count). The van der Waals surface area contributed by atoms with E-state index in [1.54, 1.807) is 0 Å². The summed E-state index contributed by atoms with van der Waals surface area (Å²) in [4.78, 5) is 0. The highest BCUT2D eigenvalue weighted by molar-refractivity contribution is 5.52. The van der Waals surface area contributed by atoms with Gasteiger partial charge in [0.15, 0.2) is 0 Å². The molecule has 10 heavy (non-hydrogen) atoms. The topological polar surface area (TPSA) is 23.9 Å². The van der Waals surface area contributed by atoms with Gasteiger partial charge in [0.1, 0.15) is 0 Å². The van der Waals surface area contributed by atoms with Crippen LogP contribution in [0.1, 0.15) is 39.0 Å². The van der Waals surface area contributed by atoms with Crippen molar-refractivity contribution in [2.45, 2.75) is 39.0 Å². The standard InChI is InChI=1S/C9H17N/c1-2-8-7-9(8)5-3-4-6-10/h6,8-10H,2-5,7H2,1H3. The van der Waals surface area contributed by atoms with E-state index in [1.165, 1.54) is 31.9 Å². The van der Waals surface area contributed by atoms with E-state index in [4.69, 9.17) is 5.41 Å². The molecular formula is C9H17N. The summed E-state index contributed by atoms with van der Waals surface area (Å²) >= 11 is 0. The van der Waals surface area contributed by atoms with E-state index < -0.39 is 0 Å². The fourth-order valence-electron chi connectivity index (χ4n) is 1.65. The van der Waals surface area contributed by atoms with E-state index in [9.17, 15) is 0 Å². The third-order valence-electron chi connectivity index (χ3n) is 2.52. The molecule has 0 amide bonds. The molecule has 0 heterocycles. The van der Waals surface area contributed by atoms with Crippen LogP contribution in [0.4, 0.5) is 0 Å². The van der Waals surface area contributed by atoms with Crippen molar-refractivity contribution >= 4 is 6.21 Å². The second kappa shape index (κ2) is 3.75. The van der Waals surface area contributed by atoms with Crippen molar-refractivity contribution in [1.82, 2.24) is 0 Å². The largest absolute Gasteiger partial charge is 0.313 e. The SMILES string of the molecule is CCC1CC1CCCC=N. The molecular weight excluding hydrogens is 122 g/mol. The minimum atomic E-state index is 0.993. The Bertz CT molecular complexity index is 109. The van der Waals surface area contributed by atoms with Crippen molar-refractivity contribution in [2.75, 3.05) is 0 Å². The summed E-state index contributed by atoms with van der Waals surface area (Å²) < 4.78 is 0. The van der Waals surface area contributed by atoms with Gasteiger partial charge in [-0.2, -0.15) is 0 Å². The second-order valence-electron chi connectivity index (χ2n) is 3.30. The van der Waals surface area contributed by atoms with Crippen LogP contribution in [0.15, 0.2) is 0 Å². The maximum Gasteiger partial charge on any atom is -0.00477 e. The van der Waals surface area contributed by atoms with Gasteiger partial charge in [-0.05, 0) is 43.7 Å². The average molecular weight is 139 g/mol. The van der Waals surface area contributed by atoms with E-state index in [-0.39, 0.29) is 0 Å². The van der Waals surface area contributed by atoms with Gasteiger partial charge in [-0.1, -0.05) is 13.3 Å². The van der Waals surface area contributed by atoms with Crippen molar-refractivity contribution in [3.8, 4) is 0 Å². The Labute approximate surface area is 63.3 Å². The first-order valence-corrected chi connectivity index (χ1v) is 4.37. The van der Waals surface area contributed by atoms with Crippen LogP contribution < -0.4 is 0 Å². The van der Waals surface area contributed by atoms with E-state index in [1.807, 2.05) is 0 Å². The maximum atomic E-state index is 6.84. The fraction of sp³-hybridized carbons (Fsp3) is 0.889. The van der Waals surface area contributed by atoms with Crippen LogP contribution in [0.2, 0.25) is 0 Å². The van der Waals surface area contributed by atoms with Crippen molar-refractivity contribution in [1.29, 1.82) is 5.41 Å². The predicted molar refractivity (Wildman–Crippen MR) is 44.5 cm³/mol. The summed E-state index contributed by atoms with van der Waals surface area (Å²) in [6, 6.07) is 0. The lowest BCUT2D eigenvalue weighted by molar-refractivity contribution is 0.611. The Balaban J connectivity index is 1.91. The van der Waals surface area contributed by atoms with Gasteiger partial charge in [-0.15, -0.1) is 0 Å². The smallest absolute Gasteiger partial charge is 0.00477 e. The summed E-state index contributed by atoms with van der Waals surface area (Å²) in [5.41, 5.74) is 0. The Morgan fingerprint density at radius 3 is 2.80 bits per heavy atom. The normalized spacial score (nSPS) is 30.1. The molecule has 2 unspecified atom stereocenters. The lowest BCUT2D eigenvalue weighted by atomic mass is 10.1. The molecule has 0 aromatic heterocycles. The maximum absolute atomic E-state index is 6.84. The summed E-state index contributed by atoms with van der Waals surface area (Å²) in [6.07, 6.45) is 7.97. The number of hydrogen-bond donors (Lipinski definition) is 1. The molecule has 1 N–H and O–H groups in total. The molecule has 1 saturated carbocycles. The minimum absolute atomic E-state index is 0.993. The Morgan fingerprint density at radius 1 is 1.50 bits per heavy atom. The first-order chi connectivity index (χ1) is 4.88. The van der Waals surface area contributed by atoms with Crippen molar-refractivity contribution < 1.29 is 0 Å². The molecule has 1 nitrogen and oxygen atoms in total. The van der Waals surface area contributed by atoms with Gasteiger partial charge in [0.2, 0.25) is 0 Å². The highest BCUT2D eigenvalue weighted by Gasteiger charge is 2.33. The zero-order valence-electron chi connectivity index (χ0n) is 6.77. The van der Waals surface area contributed by atoms with Crippen molar-refractivity contribution in [2.24, 2.45) is 11.8 Å². The first-order valence-electron chi connectivity index (χ1n) is 4.37. The van der Waals surface area contributed by atoms with Gasteiger partial charge < -0.3 is 5.41 Å². The lowest BCUT2D eigenvalue weighted by Gasteiger charge is -1.93. The molecule has 0 radical (unpaired) electrons. The molecule has 1 aliphatic rings. The lowest BCUT2D eigenvalue weighted by Crippen LogP contribution is -1.82. The zero-order valence-corrected chi connectivity index (χ0v) is 6.77. The summed E-state index contributed by atoms with van der Waals surface area (Å²) in [7, 11) is 0. The fourth-order valence-corrected chi connectivity index (χ4v) is 1.65. The second-order valence-corrected chi connectivity index (χ2v) is 3.30. The van der Waals surface area contributed by atoms with Crippen LogP contribution in [-0.4, -0.2) is 6.21 Å². The number of rotatable bonds is 5. The third-order valence-corrected chi connectivity index (χ3v) is 2.52. The minimum Gasteiger partial charge on any atom is -0.313 e. The Kier molecular flexibility index (Phi) is 2.91. The molecule has 1 fully saturated rings. The van der Waals surface area contributed by atoms with Gasteiger partial charge in [-0.3, -0.25) is 0 Å². The molecule has 0 aromatic carbocycles. The molecule has 0 saturated heterocycles. The van der Waals surface area contributed by atoms with Crippen molar-refractivity contribution in [3.05, 3.63) is 0 Å². The number of unbranched alkanes of at least 4 members (excludes halogenated alkanes) is 1. The van der Waals surface area contributed by atoms with Crippen LogP contribution in [0, 0.1) is 17.2 Å². The monoisotopic (exact) mass is 139 g/mol. The quantitative estimate of drug-likeness (QED) is 0.447. The van der Waals surface area contributed by atoms with Gasteiger partial charge in [0.05, 0.1) is 0 Å². The Morgan fingerprint density at radius 2 is 2.30 bits per heavy atom. The first kappa shape index (κ1) is 7.77. The molecule has 0 bridgehead atoms. The predicted octanol–water partition coefficient (Wildman–Crippen LogP) is 2.85. The zero-order chi connectivity index (χ0) is 7.40. The van der Waals surface area contributed by atoms with E-state index in [0.29, 0.717) is 0 Å². The summed E-state index contributed by atoms with van der Waals surface area (Å²) in [6.45, 7) is 2.28. The van der Waals surface area contributed by atoms with Gasteiger partial charge in [0.25, 0.3) is 0 Å². The number of nitrogens with one attached hydrogen (secondary N) is 1. The highest BCUT2D eigenvalue weighted by Crippen LogP contribution is 2.44. The van der Waals surface area contributed by atoms with Crippen LogP contribution >= 0.6 is 0 Å². The molecule has 58 valence electrons. The van der Waals surface area contributed by atoms with Crippen LogP contribution in [0.5, 0.6) is 0 Å². The highest BCUT2D eigenvalue weighted by atomic mass is 14.4. The Hall–Kier alpha value is -0.330. The average Bonchev–Trinajstić information content (AvgIpc) is 2.68. The van der Waals surface area contributed by atoms with E-state index in [2.05, 4.69) is 6.92 Å².